The van der Waals surface area contributed by atoms with E-state index < -0.39 is 0 Å². The summed E-state index contributed by atoms with van der Waals surface area (Å²) in [6.45, 7) is 0. The Labute approximate surface area is 119 Å². The Hall–Kier alpha value is -1.26. The molecule has 0 unspecified atom stereocenters. The van der Waals surface area contributed by atoms with Gasteiger partial charge in [-0.3, -0.25) is 0 Å². The molecule has 0 bridgehead atoms. The highest BCUT2D eigenvalue weighted by Crippen LogP contribution is 2.32. The SMILES string of the molecule is COc1ccc(Oc2cccc(CCl)n2)c(Br)c1. The van der Waals surface area contributed by atoms with Gasteiger partial charge in [-0.25, -0.2) is 4.98 Å². The quantitative estimate of drug-likeness (QED) is 0.780. The van der Waals surface area contributed by atoms with Gasteiger partial charge < -0.3 is 9.47 Å². The molecule has 0 atom stereocenters. The molecule has 0 aliphatic rings. The lowest BCUT2D eigenvalue weighted by Crippen LogP contribution is -1.92. The van der Waals surface area contributed by atoms with Gasteiger partial charge in [-0.1, -0.05) is 6.07 Å². The summed E-state index contributed by atoms with van der Waals surface area (Å²) in [7, 11) is 1.62. The highest BCUT2D eigenvalue weighted by atomic mass is 79.9. The molecule has 1 aromatic carbocycles. The molecule has 1 aromatic heterocycles. The van der Waals surface area contributed by atoms with Gasteiger partial charge in [0.15, 0.2) is 0 Å². The van der Waals surface area contributed by atoms with Crippen molar-refractivity contribution in [1.82, 2.24) is 4.98 Å². The molecule has 2 rings (SSSR count). The number of halogens is 2. The summed E-state index contributed by atoms with van der Waals surface area (Å²) >= 11 is 9.15. The van der Waals surface area contributed by atoms with Crippen LogP contribution in [0.1, 0.15) is 5.69 Å². The maximum absolute atomic E-state index is 5.73. The zero-order valence-electron chi connectivity index (χ0n) is 9.69. The first-order valence-electron chi connectivity index (χ1n) is 5.26. The molecule has 0 spiro atoms. The van der Waals surface area contributed by atoms with Crippen molar-refractivity contribution in [2.75, 3.05) is 7.11 Å². The summed E-state index contributed by atoms with van der Waals surface area (Å²) in [5, 5.41) is 0. The first-order chi connectivity index (χ1) is 8.72. The largest absolute Gasteiger partial charge is 0.497 e. The van der Waals surface area contributed by atoms with Gasteiger partial charge in [0.2, 0.25) is 5.88 Å². The maximum Gasteiger partial charge on any atom is 0.219 e. The number of ether oxygens (including phenoxy) is 2. The highest BCUT2D eigenvalue weighted by molar-refractivity contribution is 9.10. The number of pyridine rings is 1. The summed E-state index contributed by atoms with van der Waals surface area (Å²) in [6.07, 6.45) is 0. The van der Waals surface area contributed by atoms with Crippen LogP contribution in [0, 0.1) is 0 Å². The number of nitrogens with zero attached hydrogens (tertiary/aromatic N) is 1. The molecule has 0 saturated carbocycles. The average Bonchev–Trinajstić information content (AvgIpc) is 2.41. The Morgan fingerprint density at radius 2 is 2.11 bits per heavy atom. The lowest BCUT2D eigenvalue weighted by Gasteiger charge is -2.08. The van der Waals surface area contributed by atoms with Gasteiger partial charge in [0, 0.05) is 6.07 Å². The van der Waals surface area contributed by atoms with Gasteiger partial charge in [0.25, 0.3) is 0 Å². The minimum atomic E-state index is 0.362. The third kappa shape index (κ3) is 3.15. The number of rotatable bonds is 4. The molecule has 1 heterocycles. The van der Waals surface area contributed by atoms with Crippen molar-refractivity contribution < 1.29 is 9.47 Å². The third-order valence-corrected chi connectivity index (χ3v) is 3.17. The van der Waals surface area contributed by atoms with E-state index in [2.05, 4.69) is 20.9 Å². The number of benzene rings is 1. The fourth-order valence-corrected chi connectivity index (χ4v) is 1.98. The van der Waals surface area contributed by atoms with E-state index in [9.17, 15) is 0 Å². The van der Waals surface area contributed by atoms with E-state index in [1.54, 1.807) is 13.2 Å². The molecule has 0 amide bonds. The summed E-state index contributed by atoms with van der Waals surface area (Å²) in [4.78, 5) is 4.26. The summed E-state index contributed by atoms with van der Waals surface area (Å²) < 4.78 is 11.6. The predicted octanol–water partition coefficient (Wildman–Crippen LogP) is 4.38. The summed E-state index contributed by atoms with van der Waals surface area (Å²) in [5.74, 6) is 2.31. The fourth-order valence-electron chi connectivity index (χ4n) is 1.39. The fraction of sp³-hybridized carbons (Fsp3) is 0.154. The predicted molar refractivity (Wildman–Crippen MR) is 74.6 cm³/mol. The molecular weight excluding hydrogens is 318 g/mol. The Morgan fingerprint density at radius 1 is 1.28 bits per heavy atom. The summed E-state index contributed by atoms with van der Waals surface area (Å²) in [5.41, 5.74) is 0.777. The molecule has 0 fully saturated rings. The van der Waals surface area contributed by atoms with Gasteiger partial charge in [0.1, 0.15) is 11.5 Å². The van der Waals surface area contributed by atoms with Gasteiger partial charge in [0.05, 0.1) is 23.2 Å². The van der Waals surface area contributed by atoms with E-state index in [4.69, 9.17) is 21.1 Å². The second-order valence-corrected chi connectivity index (χ2v) is 4.62. The number of hydrogen-bond acceptors (Lipinski definition) is 3. The van der Waals surface area contributed by atoms with E-state index in [1.165, 1.54) is 0 Å². The van der Waals surface area contributed by atoms with Crippen LogP contribution in [0.4, 0.5) is 0 Å². The van der Waals surface area contributed by atoms with Crippen LogP contribution in [0.15, 0.2) is 40.9 Å². The number of methoxy groups -OCH3 is 1. The molecule has 5 heteroatoms. The second kappa shape index (κ2) is 6.07. The van der Waals surface area contributed by atoms with Gasteiger partial charge in [-0.15, -0.1) is 11.6 Å². The van der Waals surface area contributed by atoms with Crippen LogP contribution in [0.3, 0.4) is 0 Å². The van der Waals surface area contributed by atoms with Gasteiger partial charge >= 0.3 is 0 Å². The molecule has 2 aromatic rings. The molecular formula is C13H11BrClNO2. The second-order valence-electron chi connectivity index (χ2n) is 3.50. The number of aromatic nitrogens is 1. The smallest absolute Gasteiger partial charge is 0.219 e. The van der Waals surface area contributed by atoms with Crippen molar-refractivity contribution >= 4 is 27.5 Å². The van der Waals surface area contributed by atoms with Crippen molar-refractivity contribution in [3.05, 3.63) is 46.6 Å². The maximum atomic E-state index is 5.73. The standard InChI is InChI=1S/C13H11BrClNO2/c1-17-10-5-6-12(11(14)7-10)18-13-4-2-3-9(8-15)16-13/h2-7H,8H2,1H3. The zero-order valence-corrected chi connectivity index (χ0v) is 12.0. The normalized spacial score (nSPS) is 10.2. The Kier molecular flexibility index (Phi) is 4.44. The lowest BCUT2D eigenvalue weighted by molar-refractivity contribution is 0.411. The average molecular weight is 329 g/mol. The molecule has 0 N–H and O–H groups in total. The first kappa shape index (κ1) is 13.2. The van der Waals surface area contributed by atoms with Crippen LogP contribution in [0.5, 0.6) is 17.4 Å². The third-order valence-electron chi connectivity index (χ3n) is 2.27. The van der Waals surface area contributed by atoms with Gasteiger partial charge in [-0.05, 0) is 40.2 Å². The topological polar surface area (TPSA) is 31.4 Å². The lowest BCUT2D eigenvalue weighted by atomic mass is 10.3. The molecule has 3 nitrogen and oxygen atoms in total. The van der Waals surface area contributed by atoms with Crippen molar-refractivity contribution in [2.45, 2.75) is 5.88 Å². The number of hydrogen-bond donors (Lipinski definition) is 0. The summed E-state index contributed by atoms with van der Waals surface area (Å²) in [6, 6.07) is 11.0. The van der Waals surface area contributed by atoms with E-state index >= 15 is 0 Å². The van der Waals surface area contributed by atoms with Crippen LogP contribution in [0.25, 0.3) is 0 Å². The molecule has 0 radical (unpaired) electrons. The van der Waals surface area contributed by atoms with E-state index in [0.717, 1.165) is 15.9 Å². The minimum absolute atomic E-state index is 0.362. The van der Waals surface area contributed by atoms with Crippen LogP contribution in [-0.2, 0) is 5.88 Å². The van der Waals surface area contributed by atoms with E-state index in [0.29, 0.717) is 17.5 Å². The monoisotopic (exact) mass is 327 g/mol. The Balaban J connectivity index is 2.22. The van der Waals surface area contributed by atoms with Crippen molar-refractivity contribution in [2.24, 2.45) is 0 Å². The van der Waals surface area contributed by atoms with Crippen LogP contribution >= 0.6 is 27.5 Å². The zero-order chi connectivity index (χ0) is 13.0. The van der Waals surface area contributed by atoms with Crippen molar-refractivity contribution in [3.63, 3.8) is 0 Å². The van der Waals surface area contributed by atoms with Gasteiger partial charge in [-0.2, -0.15) is 0 Å². The molecule has 94 valence electrons. The van der Waals surface area contributed by atoms with Crippen LogP contribution in [0.2, 0.25) is 0 Å². The Morgan fingerprint density at radius 3 is 2.78 bits per heavy atom. The van der Waals surface area contributed by atoms with Crippen LogP contribution in [-0.4, -0.2) is 12.1 Å². The first-order valence-corrected chi connectivity index (χ1v) is 6.59. The van der Waals surface area contributed by atoms with E-state index in [-0.39, 0.29) is 0 Å². The molecule has 0 aliphatic heterocycles. The molecule has 18 heavy (non-hydrogen) atoms. The highest BCUT2D eigenvalue weighted by Gasteiger charge is 2.05. The minimum Gasteiger partial charge on any atom is -0.497 e. The van der Waals surface area contributed by atoms with E-state index in [1.807, 2.05) is 30.3 Å². The van der Waals surface area contributed by atoms with Crippen molar-refractivity contribution in [3.8, 4) is 17.4 Å². The van der Waals surface area contributed by atoms with Crippen LogP contribution < -0.4 is 9.47 Å². The number of alkyl halides is 1. The Bertz CT molecular complexity index is 548. The molecule has 0 saturated heterocycles. The van der Waals surface area contributed by atoms with Crippen molar-refractivity contribution in [1.29, 1.82) is 0 Å². The molecule has 0 aliphatic carbocycles.